The van der Waals surface area contributed by atoms with Gasteiger partial charge in [-0.1, -0.05) is 38.5 Å². The van der Waals surface area contributed by atoms with Crippen LogP contribution in [0.2, 0.25) is 0 Å². The average molecular weight is 371 g/mol. The third-order valence-corrected chi connectivity index (χ3v) is 6.30. The number of likely N-dealkylation sites (N-methyl/N-ethyl adjacent to an activating group) is 1. The third kappa shape index (κ3) is 3.11. The summed E-state index contributed by atoms with van der Waals surface area (Å²) < 4.78 is 0. The number of carbonyl (C=O) groups excluding carboxylic acids is 3. The summed E-state index contributed by atoms with van der Waals surface area (Å²) in [6, 6.07) is 7.18. The van der Waals surface area contributed by atoms with Gasteiger partial charge in [0, 0.05) is 12.2 Å². The lowest BCUT2D eigenvalue weighted by Gasteiger charge is -2.42. The standard InChI is InChI=1S/C21H29N3O3/c1-5-23(17-12-7-6-9-14(17)2)18(25)13-24-19(26)21(22-20(24)27)15(3)10-8-11-16(21)4/h6-7,9,12,15-16H,5,8,10-11,13H2,1-4H3,(H,22,27). The lowest BCUT2D eigenvalue weighted by molar-refractivity contribution is -0.138. The van der Waals surface area contributed by atoms with Crippen molar-refractivity contribution >= 4 is 23.5 Å². The van der Waals surface area contributed by atoms with Crippen molar-refractivity contribution in [3.05, 3.63) is 29.8 Å². The van der Waals surface area contributed by atoms with Gasteiger partial charge in [-0.15, -0.1) is 0 Å². The highest BCUT2D eigenvalue weighted by atomic mass is 16.2. The minimum atomic E-state index is -0.866. The molecule has 1 aliphatic heterocycles. The smallest absolute Gasteiger partial charge is 0.323 e. The van der Waals surface area contributed by atoms with Gasteiger partial charge in [0.05, 0.1) is 0 Å². The van der Waals surface area contributed by atoms with E-state index in [0.717, 1.165) is 35.4 Å². The minimum absolute atomic E-state index is 0.0662. The van der Waals surface area contributed by atoms with E-state index < -0.39 is 11.6 Å². The van der Waals surface area contributed by atoms with Crippen LogP contribution in [0.25, 0.3) is 0 Å². The predicted octanol–water partition coefficient (Wildman–Crippen LogP) is 3.09. The van der Waals surface area contributed by atoms with Crippen LogP contribution in [-0.2, 0) is 9.59 Å². The van der Waals surface area contributed by atoms with E-state index in [1.807, 2.05) is 52.0 Å². The number of anilines is 1. The van der Waals surface area contributed by atoms with Gasteiger partial charge in [0.1, 0.15) is 12.1 Å². The number of nitrogens with one attached hydrogen (secondary N) is 1. The van der Waals surface area contributed by atoms with Crippen LogP contribution in [0.3, 0.4) is 0 Å². The first-order chi connectivity index (χ1) is 12.8. The molecule has 0 radical (unpaired) electrons. The SMILES string of the molecule is CCN(C(=O)CN1C(=O)NC2(C1=O)C(C)CCCC2C)c1ccccc1C. The van der Waals surface area contributed by atoms with E-state index in [9.17, 15) is 14.4 Å². The Morgan fingerprint density at radius 1 is 1.22 bits per heavy atom. The fraction of sp³-hybridized carbons (Fsp3) is 0.571. The Morgan fingerprint density at radius 3 is 2.44 bits per heavy atom. The summed E-state index contributed by atoms with van der Waals surface area (Å²) in [7, 11) is 0. The van der Waals surface area contributed by atoms with Gasteiger partial charge in [0.25, 0.3) is 5.91 Å². The molecule has 1 saturated carbocycles. The second-order valence-corrected chi connectivity index (χ2v) is 7.85. The summed E-state index contributed by atoms with van der Waals surface area (Å²) >= 11 is 0. The van der Waals surface area contributed by atoms with E-state index in [4.69, 9.17) is 0 Å². The van der Waals surface area contributed by atoms with Crippen molar-refractivity contribution in [2.45, 2.75) is 52.5 Å². The number of hydrogen-bond acceptors (Lipinski definition) is 3. The molecule has 1 saturated heterocycles. The Morgan fingerprint density at radius 2 is 1.85 bits per heavy atom. The highest BCUT2D eigenvalue weighted by Gasteiger charge is 2.58. The molecule has 0 aromatic heterocycles. The monoisotopic (exact) mass is 371 g/mol. The molecular weight excluding hydrogens is 342 g/mol. The summed E-state index contributed by atoms with van der Waals surface area (Å²) in [6.45, 7) is 8.12. The van der Waals surface area contributed by atoms with Crippen LogP contribution in [0.15, 0.2) is 24.3 Å². The molecule has 1 aromatic carbocycles. The van der Waals surface area contributed by atoms with Gasteiger partial charge < -0.3 is 10.2 Å². The molecule has 2 fully saturated rings. The molecule has 1 heterocycles. The first kappa shape index (κ1) is 19.4. The van der Waals surface area contributed by atoms with Crippen LogP contribution in [-0.4, -0.2) is 41.4 Å². The maximum Gasteiger partial charge on any atom is 0.325 e. The number of rotatable bonds is 4. The summed E-state index contributed by atoms with van der Waals surface area (Å²) in [5.74, 6) is -0.363. The van der Waals surface area contributed by atoms with E-state index >= 15 is 0 Å². The van der Waals surface area contributed by atoms with Gasteiger partial charge in [0.15, 0.2) is 0 Å². The number of hydrogen-bond donors (Lipinski definition) is 1. The Kier molecular flexibility index (Phi) is 5.27. The molecule has 6 heteroatoms. The van der Waals surface area contributed by atoms with E-state index in [2.05, 4.69) is 5.32 Å². The van der Waals surface area contributed by atoms with Gasteiger partial charge in [0.2, 0.25) is 5.91 Å². The first-order valence-electron chi connectivity index (χ1n) is 9.83. The normalized spacial score (nSPS) is 27.8. The van der Waals surface area contributed by atoms with Crippen LogP contribution >= 0.6 is 0 Å². The summed E-state index contributed by atoms with van der Waals surface area (Å²) in [6.07, 6.45) is 2.87. The highest BCUT2D eigenvalue weighted by Crippen LogP contribution is 2.42. The van der Waals surface area contributed by atoms with Crippen molar-refractivity contribution in [1.29, 1.82) is 0 Å². The van der Waals surface area contributed by atoms with E-state index in [1.165, 1.54) is 0 Å². The lowest BCUT2D eigenvalue weighted by Crippen LogP contribution is -2.59. The predicted molar refractivity (Wildman–Crippen MR) is 104 cm³/mol. The van der Waals surface area contributed by atoms with Crippen molar-refractivity contribution < 1.29 is 14.4 Å². The topological polar surface area (TPSA) is 69.7 Å². The van der Waals surface area contributed by atoms with Crippen molar-refractivity contribution in [3.63, 3.8) is 0 Å². The Balaban J connectivity index is 1.83. The molecule has 146 valence electrons. The molecule has 1 spiro atoms. The average Bonchev–Trinajstić information content (AvgIpc) is 2.88. The van der Waals surface area contributed by atoms with Crippen LogP contribution in [0.5, 0.6) is 0 Å². The van der Waals surface area contributed by atoms with Crippen molar-refractivity contribution in [2.24, 2.45) is 11.8 Å². The maximum atomic E-state index is 13.2. The highest BCUT2D eigenvalue weighted by molar-refractivity contribution is 6.10. The van der Waals surface area contributed by atoms with Crippen molar-refractivity contribution in [3.8, 4) is 0 Å². The number of carbonyl (C=O) groups is 3. The van der Waals surface area contributed by atoms with Gasteiger partial charge in [-0.3, -0.25) is 14.5 Å². The zero-order valence-electron chi connectivity index (χ0n) is 16.6. The second kappa shape index (κ2) is 7.33. The van der Waals surface area contributed by atoms with Crippen molar-refractivity contribution in [1.82, 2.24) is 10.2 Å². The van der Waals surface area contributed by atoms with Gasteiger partial charge in [-0.25, -0.2) is 4.79 Å². The largest absolute Gasteiger partial charge is 0.325 e. The number of urea groups is 1. The van der Waals surface area contributed by atoms with Crippen LogP contribution in [0, 0.1) is 18.8 Å². The quantitative estimate of drug-likeness (QED) is 0.827. The molecule has 3 rings (SSSR count). The second-order valence-electron chi connectivity index (χ2n) is 7.85. The number of amides is 4. The molecular formula is C21H29N3O3. The lowest BCUT2D eigenvalue weighted by atomic mass is 9.67. The van der Waals surface area contributed by atoms with Crippen LogP contribution in [0.4, 0.5) is 10.5 Å². The van der Waals surface area contributed by atoms with E-state index in [0.29, 0.717) is 6.54 Å². The Labute approximate surface area is 160 Å². The molecule has 1 N–H and O–H groups in total. The van der Waals surface area contributed by atoms with Crippen molar-refractivity contribution in [2.75, 3.05) is 18.0 Å². The maximum absolute atomic E-state index is 13.2. The molecule has 6 nitrogen and oxygen atoms in total. The summed E-state index contributed by atoms with van der Waals surface area (Å²) in [5.41, 5.74) is 0.928. The molecule has 27 heavy (non-hydrogen) atoms. The van der Waals surface area contributed by atoms with Crippen LogP contribution < -0.4 is 10.2 Å². The van der Waals surface area contributed by atoms with Gasteiger partial charge >= 0.3 is 6.03 Å². The van der Waals surface area contributed by atoms with Crippen LogP contribution in [0.1, 0.15) is 45.6 Å². The Bertz CT molecular complexity index is 751. The van der Waals surface area contributed by atoms with E-state index in [1.54, 1.807) is 4.90 Å². The fourth-order valence-electron chi connectivity index (χ4n) is 4.66. The molecule has 2 aliphatic rings. The van der Waals surface area contributed by atoms with Gasteiger partial charge in [-0.2, -0.15) is 0 Å². The number of imide groups is 1. The third-order valence-electron chi connectivity index (χ3n) is 6.30. The zero-order valence-corrected chi connectivity index (χ0v) is 16.6. The summed E-state index contributed by atoms with van der Waals surface area (Å²) in [4.78, 5) is 41.6. The zero-order chi connectivity index (χ0) is 19.8. The number of aryl methyl sites for hydroxylation is 1. The molecule has 2 atom stereocenters. The molecule has 2 unspecified atom stereocenters. The summed E-state index contributed by atoms with van der Waals surface area (Å²) in [5, 5.41) is 2.95. The molecule has 1 aliphatic carbocycles. The number of benzene rings is 1. The Hall–Kier alpha value is -2.37. The molecule has 1 aromatic rings. The van der Waals surface area contributed by atoms with E-state index in [-0.39, 0.29) is 30.2 Å². The number of para-hydroxylation sites is 1. The fourth-order valence-corrected chi connectivity index (χ4v) is 4.66. The molecule has 0 bridgehead atoms. The van der Waals surface area contributed by atoms with Gasteiger partial charge in [-0.05, 0) is 50.2 Å². The molecule has 4 amide bonds. The minimum Gasteiger partial charge on any atom is -0.323 e. The number of nitrogens with zero attached hydrogens (tertiary/aromatic N) is 2. The first-order valence-corrected chi connectivity index (χ1v) is 9.83.